The van der Waals surface area contributed by atoms with Crippen molar-refractivity contribution in [3.8, 4) is 5.75 Å². The molecule has 124 valence electrons. The van der Waals surface area contributed by atoms with Gasteiger partial charge in [0.05, 0.1) is 0 Å². The minimum absolute atomic E-state index is 0.183. The number of benzene rings is 2. The monoisotopic (exact) mass is 354 g/mol. The highest BCUT2D eigenvalue weighted by atomic mass is 31.2. The predicted molar refractivity (Wildman–Crippen MR) is 68.2 cm³/mol. The van der Waals surface area contributed by atoms with Gasteiger partial charge in [-0.25, -0.2) is 13.3 Å². The number of phosphoric acid groups is 1. The first-order valence-electron chi connectivity index (χ1n) is 6.01. The Bertz CT molecular complexity index is 733. The van der Waals surface area contributed by atoms with Crippen LogP contribution < -0.4 is 4.52 Å². The van der Waals surface area contributed by atoms with Gasteiger partial charge in [-0.2, -0.15) is 4.39 Å². The van der Waals surface area contributed by atoms with Gasteiger partial charge in [0.2, 0.25) is 5.82 Å². The second-order valence-corrected chi connectivity index (χ2v) is 5.67. The summed E-state index contributed by atoms with van der Waals surface area (Å²) in [5.41, 5.74) is 0.143. The van der Waals surface area contributed by atoms with Crippen LogP contribution in [0.1, 0.15) is 11.1 Å². The summed E-state index contributed by atoms with van der Waals surface area (Å²) in [4.78, 5) is 0. The lowest BCUT2D eigenvalue weighted by molar-refractivity contribution is -0.107. The van der Waals surface area contributed by atoms with Gasteiger partial charge >= 0.3 is 7.82 Å². The van der Waals surface area contributed by atoms with Gasteiger partial charge in [0.1, 0.15) is 0 Å². The van der Waals surface area contributed by atoms with Gasteiger partial charge in [0, 0.05) is 6.42 Å². The zero-order valence-corrected chi connectivity index (χ0v) is 12.0. The molecule has 0 heterocycles. The molecule has 10 heteroatoms. The van der Waals surface area contributed by atoms with Crippen LogP contribution in [0.4, 0.5) is 22.2 Å². The molecular weight excluding hydrogens is 346 g/mol. The van der Waals surface area contributed by atoms with Crippen LogP contribution in [0.15, 0.2) is 36.4 Å². The van der Waals surface area contributed by atoms with Crippen molar-refractivity contribution in [3.05, 3.63) is 65.0 Å². The molecule has 0 bridgehead atoms. The van der Waals surface area contributed by atoms with E-state index < -0.39 is 36.6 Å². The topological polar surface area (TPSA) is 44.8 Å². The zero-order chi connectivity index (χ0) is 17.0. The van der Waals surface area contributed by atoms with Crippen LogP contribution in [-0.2, 0) is 20.4 Å². The Morgan fingerprint density at radius 2 is 1.52 bits per heavy atom. The molecule has 0 radical (unpaired) electrons. The molecule has 0 saturated carbocycles. The minimum Gasteiger partial charge on any atom is -0.398 e. The number of rotatable bonds is 6. The van der Waals surface area contributed by atoms with E-state index >= 15 is 0 Å². The third-order valence-corrected chi connectivity index (χ3v) is 3.56. The highest BCUT2D eigenvalue weighted by Gasteiger charge is 2.34. The molecule has 2 rings (SSSR count). The van der Waals surface area contributed by atoms with Crippen molar-refractivity contribution in [2.24, 2.45) is 0 Å². The quantitative estimate of drug-likeness (QED) is 0.417. The van der Waals surface area contributed by atoms with Gasteiger partial charge < -0.3 is 4.52 Å². The predicted octanol–water partition coefficient (Wildman–Crippen LogP) is 4.98. The highest BCUT2D eigenvalue weighted by Crippen LogP contribution is 2.51. The van der Waals surface area contributed by atoms with E-state index in [2.05, 4.69) is 14.0 Å². The van der Waals surface area contributed by atoms with Crippen molar-refractivity contribution in [1.82, 2.24) is 0 Å². The van der Waals surface area contributed by atoms with Crippen molar-refractivity contribution >= 4 is 7.82 Å². The Labute approximate surface area is 126 Å². The molecule has 0 N–H and O–H groups in total. The molecule has 0 saturated heterocycles. The maximum atomic E-state index is 13.8. The lowest BCUT2D eigenvalue weighted by atomic mass is 10.0. The van der Waals surface area contributed by atoms with Crippen molar-refractivity contribution in [2.75, 3.05) is 0 Å². The maximum absolute atomic E-state index is 13.8. The van der Waals surface area contributed by atoms with Gasteiger partial charge in [-0.05, 0) is 26.2 Å². The molecule has 0 aliphatic heterocycles. The van der Waals surface area contributed by atoms with Crippen molar-refractivity contribution < 1.29 is 40.8 Å². The lowest BCUT2D eigenvalue weighted by Gasteiger charge is -2.13. The van der Waals surface area contributed by atoms with E-state index in [1.807, 2.05) is 0 Å². The summed E-state index contributed by atoms with van der Waals surface area (Å²) in [6.45, 7) is 0. The average molecular weight is 354 g/mol. The van der Waals surface area contributed by atoms with Gasteiger partial charge in [0.15, 0.2) is 17.4 Å². The molecule has 0 unspecified atom stereocenters. The summed E-state index contributed by atoms with van der Waals surface area (Å²) in [5.74, 6) is -6.64. The van der Waals surface area contributed by atoms with Crippen LogP contribution >= 0.6 is 7.82 Å². The van der Waals surface area contributed by atoms with E-state index in [9.17, 15) is 26.8 Å². The first-order valence-corrected chi connectivity index (χ1v) is 7.47. The van der Waals surface area contributed by atoms with Gasteiger partial charge in [-0.1, -0.05) is 39.8 Å². The van der Waals surface area contributed by atoms with E-state index in [-0.39, 0.29) is 6.42 Å². The van der Waals surface area contributed by atoms with Crippen LogP contribution in [0.3, 0.4) is 0 Å². The molecule has 0 aliphatic carbocycles. The molecule has 0 spiro atoms. The van der Waals surface area contributed by atoms with Crippen LogP contribution in [0.25, 0.3) is 0 Å². The summed E-state index contributed by atoms with van der Waals surface area (Å²) >= 11 is 0. The van der Waals surface area contributed by atoms with Crippen LogP contribution in [0, 0.1) is 17.5 Å². The Morgan fingerprint density at radius 1 is 0.913 bits per heavy atom. The minimum atomic E-state index is -5.43. The van der Waals surface area contributed by atoms with E-state index in [0.29, 0.717) is 11.6 Å². The Balaban J connectivity index is 2.43. The summed E-state index contributed by atoms with van der Waals surface area (Å²) in [5, 5.41) is 0. The molecule has 0 aromatic heterocycles. The highest BCUT2D eigenvalue weighted by molar-refractivity contribution is 7.48. The van der Waals surface area contributed by atoms with Crippen molar-refractivity contribution in [2.45, 2.75) is 6.42 Å². The fraction of sp³-hybridized carbons (Fsp3) is 0.0769. The van der Waals surface area contributed by atoms with E-state index in [4.69, 9.17) is 0 Å². The molecule has 0 fully saturated rings. The third-order valence-electron chi connectivity index (χ3n) is 2.81. The summed E-state index contributed by atoms with van der Waals surface area (Å²) < 4.78 is 85.2. The molecule has 23 heavy (non-hydrogen) atoms. The summed E-state index contributed by atoms with van der Waals surface area (Å²) in [7, 11) is -5.43. The van der Waals surface area contributed by atoms with Crippen LogP contribution in [0.2, 0.25) is 0 Å². The molecule has 4 nitrogen and oxygen atoms in total. The van der Waals surface area contributed by atoms with Crippen LogP contribution in [-0.4, -0.2) is 0 Å². The second-order valence-electron chi connectivity index (χ2n) is 4.31. The standard InChI is InChI=1S/C13H8F5O4P/c14-11-9(6-8-4-2-1-3-5-8)7-10(12(15)13(11)16)20-23(19,21-17)22-18/h1-5,7H,6H2. The molecule has 2 aromatic carbocycles. The fourth-order valence-corrected chi connectivity index (χ4v) is 2.25. The van der Waals surface area contributed by atoms with E-state index in [0.717, 1.165) is 0 Å². The first-order chi connectivity index (χ1) is 10.9. The van der Waals surface area contributed by atoms with Gasteiger partial charge in [-0.15, -0.1) is 0 Å². The zero-order valence-electron chi connectivity index (χ0n) is 11.1. The van der Waals surface area contributed by atoms with Gasteiger partial charge in [-0.3, -0.25) is 0 Å². The first kappa shape index (κ1) is 17.4. The molecular formula is C13H8F5O4P. The number of hydrogen-bond donors (Lipinski definition) is 0. The molecule has 0 amide bonds. The average Bonchev–Trinajstić information content (AvgIpc) is 2.58. The van der Waals surface area contributed by atoms with E-state index in [1.165, 1.54) is 0 Å². The molecule has 2 aromatic rings. The Morgan fingerprint density at radius 3 is 2.09 bits per heavy atom. The summed E-state index contributed by atoms with van der Waals surface area (Å²) in [6, 6.07) is 8.72. The maximum Gasteiger partial charge on any atom is 0.593 e. The van der Waals surface area contributed by atoms with E-state index in [1.54, 1.807) is 30.3 Å². The Kier molecular flexibility index (Phi) is 5.35. The number of halogens is 5. The molecule has 0 atom stereocenters. The lowest BCUT2D eigenvalue weighted by Crippen LogP contribution is -2.04. The van der Waals surface area contributed by atoms with Crippen LogP contribution in [0.5, 0.6) is 5.75 Å². The van der Waals surface area contributed by atoms with Crippen molar-refractivity contribution in [3.63, 3.8) is 0 Å². The SMILES string of the molecule is O=P(OF)(OF)Oc1cc(Cc2ccccc2)c(F)c(F)c1F. The second kappa shape index (κ2) is 7.08. The van der Waals surface area contributed by atoms with Gasteiger partial charge in [0.25, 0.3) is 0 Å². The summed E-state index contributed by atoms with van der Waals surface area (Å²) in [6.07, 6.45) is -0.183. The van der Waals surface area contributed by atoms with Crippen molar-refractivity contribution in [1.29, 1.82) is 0 Å². The molecule has 0 aliphatic rings. The Hall–Kier alpha value is -1.96. The third kappa shape index (κ3) is 3.87. The smallest absolute Gasteiger partial charge is 0.398 e. The fourth-order valence-electron chi connectivity index (χ4n) is 1.80. The number of hydrogen-bond acceptors (Lipinski definition) is 4. The normalized spacial score (nSPS) is 11.5. The largest absolute Gasteiger partial charge is 0.593 e.